The van der Waals surface area contributed by atoms with Crippen LogP contribution in [-0.4, -0.2) is 60.8 Å². The molecule has 12 heteroatoms. The van der Waals surface area contributed by atoms with Crippen molar-refractivity contribution < 1.29 is 8.42 Å². The Morgan fingerprint density at radius 1 is 1.09 bits per heavy atom. The van der Waals surface area contributed by atoms with E-state index in [1.165, 1.54) is 16.1 Å². The summed E-state index contributed by atoms with van der Waals surface area (Å²) in [7, 11) is -3.57. The Hall–Kier alpha value is -2.31. The molecule has 1 unspecified atom stereocenters. The molecule has 3 rings (SSSR count). The van der Waals surface area contributed by atoms with E-state index in [2.05, 4.69) is 51.1 Å². The highest BCUT2D eigenvalue weighted by atomic mass is 32.2. The molecule has 0 saturated heterocycles. The third-order valence-electron chi connectivity index (χ3n) is 5.50. The van der Waals surface area contributed by atoms with Crippen LogP contribution >= 0.6 is 11.8 Å². The van der Waals surface area contributed by atoms with Crippen LogP contribution in [0.15, 0.2) is 34.3 Å². The molecular weight excluding hydrogens is 460 g/mol. The van der Waals surface area contributed by atoms with Gasteiger partial charge < -0.3 is 0 Å². The van der Waals surface area contributed by atoms with Crippen LogP contribution < -0.4 is 0 Å². The average molecular weight is 493 g/mol. The molecule has 0 aliphatic rings. The number of aryl methyl sites for hydroxylation is 1. The molecule has 0 aliphatic carbocycles. The van der Waals surface area contributed by atoms with Gasteiger partial charge >= 0.3 is 0 Å². The second-order valence-corrected chi connectivity index (χ2v) is 10.5. The van der Waals surface area contributed by atoms with Crippen molar-refractivity contribution in [3.05, 3.63) is 30.1 Å². The number of hydrogen-bond acceptors (Lipinski definition) is 8. The second-order valence-electron chi connectivity index (χ2n) is 7.66. The molecule has 0 amide bonds. The highest BCUT2D eigenvalue weighted by Crippen LogP contribution is 2.31. The van der Waals surface area contributed by atoms with E-state index in [0.717, 1.165) is 35.9 Å². The molecule has 180 valence electrons. The zero-order valence-corrected chi connectivity index (χ0v) is 21.5. The van der Waals surface area contributed by atoms with Crippen LogP contribution in [0.3, 0.4) is 0 Å². The lowest BCUT2D eigenvalue weighted by molar-refractivity contribution is 0.445. The fraction of sp³-hybridized carbons (Fsp3) is 0.571. The molecule has 0 N–H and O–H groups in total. The van der Waals surface area contributed by atoms with Gasteiger partial charge in [-0.2, -0.15) is 4.31 Å². The number of rotatable bonds is 12. The van der Waals surface area contributed by atoms with Crippen LogP contribution in [0.25, 0.3) is 11.4 Å². The van der Waals surface area contributed by atoms with E-state index in [1.807, 2.05) is 19.9 Å². The van der Waals surface area contributed by atoms with Crippen LogP contribution in [-0.2, 0) is 22.3 Å². The number of aromatic nitrogens is 7. The molecule has 1 atom stereocenters. The topological polar surface area (TPSA) is 112 Å². The van der Waals surface area contributed by atoms with E-state index < -0.39 is 10.0 Å². The predicted octanol–water partition coefficient (Wildman–Crippen LogP) is 3.64. The first-order valence-corrected chi connectivity index (χ1v) is 13.7. The number of tetrazole rings is 1. The Morgan fingerprint density at radius 2 is 1.85 bits per heavy atom. The third-order valence-corrected chi connectivity index (χ3v) is 8.49. The first kappa shape index (κ1) is 25.3. The summed E-state index contributed by atoms with van der Waals surface area (Å²) in [4.78, 5) is 0.260. The molecule has 0 saturated carbocycles. The van der Waals surface area contributed by atoms with Crippen LogP contribution in [0.4, 0.5) is 0 Å². The van der Waals surface area contributed by atoms with Gasteiger partial charge in [-0.3, -0.25) is 4.57 Å². The molecular formula is C21H32N8O2S2. The van der Waals surface area contributed by atoms with Gasteiger partial charge in [-0.25, -0.2) is 13.1 Å². The van der Waals surface area contributed by atoms with Crippen molar-refractivity contribution in [2.45, 2.75) is 75.9 Å². The summed E-state index contributed by atoms with van der Waals surface area (Å²) < 4.78 is 31.4. The Bertz CT molecular complexity index is 1150. The van der Waals surface area contributed by atoms with E-state index in [9.17, 15) is 8.42 Å². The normalized spacial score (nSPS) is 13.0. The molecule has 33 heavy (non-hydrogen) atoms. The van der Waals surface area contributed by atoms with Crippen molar-refractivity contribution in [2.75, 3.05) is 13.1 Å². The highest BCUT2D eigenvalue weighted by molar-refractivity contribution is 7.98. The lowest BCUT2D eigenvalue weighted by atomic mass is 10.2. The van der Waals surface area contributed by atoms with Crippen molar-refractivity contribution in [3.8, 4) is 11.4 Å². The van der Waals surface area contributed by atoms with Crippen molar-refractivity contribution in [1.29, 1.82) is 0 Å². The minimum atomic E-state index is -3.57. The van der Waals surface area contributed by atoms with Gasteiger partial charge in [0, 0.05) is 31.2 Å². The summed E-state index contributed by atoms with van der Waals surface area (Å²) in [5, 5.41) is 21.6. The Kier molecular flexibility index (Phi) is 8.60. The minimum absolute atomic E-state index is 0.132. The van der Waals surface area contributed by atoms with Crippen molar-refractivity contribution in [2.24, 2.45) is 0 Å². The summed E-state index contributed by atoms with van der Waals surface area (Å²) in [6, 6.07) is 7.08. The van der Waals surface area contributed by atoms with Crippen LogP contribution in [0, 0.1) is 0 Å². The quantitative estimate of drug-likeness (QED) is 0.352. The summed E-state index contributed by atoms with van der Waals surface area (Å²) in [6.45, 7) is 11.6. The summed E-state index contributed by atoms with van der Waals surface area (Å²) in [6.07, 6.45) is 1.83. The van der Waals surface area contributed by atoms with Crippen LogP contribution in [0.2, 0.25) is 0 Å². The summed E-state index contributed by atoms with van der Waals surface area (Å²) in [5.74, 6) is 2.00. The third kappa shape index (κ3) is 5.44. The molecule has 0 aliphatic heterocycles. The van der Waals surface area contributed by atoms with E-state index in [4.69, 9.17) is 0 Å². The van der Waals surface area contributed by atoms with Crippen molar-refractivity contribution >= 4 is 21.8 Å². The maximum absolute atomic E-state index is 13.0. The van der Waals surface area contributed by atoms with Crippen molar-refractivity contribution in [3.63, 3.8) is 0 Å². The Morgan fingerprint density at radius 3 is 2.52 bits per heavy atom. The van der Waals surface area contributed by atoms with Crippen molar-refractivity contribution in [1.82, 2.24) is 39.3 Å². The molecule has 10 nitrogen and oxygen atoms in total. The molecule has 2 heterocycles. The number of nitrogens with zero attached hydrogens (tertiary/aromatic N) is 8. The fourth-order valence-electron chi connectivity index (χ4n) is 3.50. The van der Waals surface area contributed by atoms with Gasteiger partial charge in [-0.15, -0.1) is 15.3 Å². The fourth-order valence-corrected chi connectivity index (χ4v) is 5.98. The Balaban J connectivity index is 1.96. The molecule has 0 spiro atoms. The van der Waals surface area contributed by atoms with Gasteiger partial charge in [-0.1, -0.05) is 51.6 Å². The number of hydrogen-bond donors (Lipinski definition) is 0. The Labute approximate surface area is 199 Å². The zero-order valence-electron chi connectivity index (χ0n) is 19.8. The first-order valence-electron chi connectivity index (χ1n) is 11.3. The molecule has 2 aromatic heterocycles. The van der Waals surface area contributed by atoms with Gasteiger partial charge in [0.15, 0.2) is 16.8 Å². The molecule has 1 aromatic carbocycles. The summed E-state index contributed by atoms with van der Waals surface area (Å²) in [5.41, 5.74) is 0.721. The van der Waals surface area contributed by atoms with Gasteiger partial charge in [0.05, 0.1) is 10.6 Å². The molecule has 0 bridgehead atoms. The second kappa shape index (κ2) is 11.2. The van der Waals surface area contributed by atoms with Gasteiger partial charge in [0.25, 0.3) is 0 Å². The monoisotopic (exact) mass is 492 g/mol. The van der Waals surface area contributed by atoms with Gasteiger partial charge in [0.1, 0.15) is 0 Å². The number of benzene rings is 1. The average Bonchev–Trinajstić information content (AvgIpc) is 3.45. The highest BCUT2D eigenvalue weighted by Gasteiger charge is 2.24. The smallest absolute Gasteiger partial charge is 0.243 e. The number of sulfonamides is 1. The first-order chi connectivity index (χ1) is 15.9. The van der Waals surface area contributed by atoms with E-state index in [-0.39, 0.29) is 10.9 Å². The van der Waals surface area contributed by atoms with E-state index in [0.29, 0.717) is 24.7 Å². The maximum atomic E-state index is 13.0. The van der Waals surface area contributed by atoms with Crippen LogP contribution in [0.1, 0.15) is 59.3 Å². The molecule has 0 fully saturated rings. The maximum Gasteiger partial charge on any atom is 0.243 e. The largest absolute Gasteiger partial charge is 0.299 e. The van der Waals surface area contributed by atoms with Crippen LogP contribution in [0.5, 0.6) is 0 Å². The lowest BCUT2D eigenvalue weighted by Gasteiger charge is -2.19. The summed E-state index contributed by atoms with van der Waals surface area (Å²) >= 11 is 1.53. The predicted molar refractivity (Wildman–Crippen MR) is 128 cm³/mol. The zero-order chi connectivity index (χ0) is 24.0. The minimum Gasteiger partial charge on any atom is -0.299 e. The lowest BCUT2D eigenvalue weighted by Crippen LogP contribution is -2.30. The van der Waals surface area contributed by atoms with Gasteiger partial charge in [-0.05, 0) is 42.3 Å². The SMILES string of the molecule is CCCn1nnnc1CSc1nnc(-c2cccc(S(=O)(=O)N(CC)CC)c2)n1C(C)CC. The number of thioether (sulfide) groups is 1. The molecule has 3 aromatic rings. The standard InChI is InChI=1S/C21H32N8O2S2/c1-6-13-28-19(22-25-26-28)15-32-21-24-23-20(29(21)16(5)7-2)17-11-10-12-18(14-17)33(30,31)27(8-3)9-4/h10-12,14,16H,6-9,13,15H2,1-5H3. The van der Waals surface area contributed by atoms with Gasteiger partial charge in [0.2, 0.25) is 10.0 Å². The van der Waals surface area contributed by atoms with E-state index in [1.54, 1.807) is 22.9 Å². The molecule has 0 radical (unpaired) electrons. The van der Waals surface area contributed by atoms with E-state index >= 15 is 0 Å².